The summed E-state index contributed by atoms with van der Waals surface area (Å²) in [5, 5.41) is 0. The van der Waals surface area contributed by atoms with E-state index in [4.69, 9.17) is 5.73 Å². The molecule has 0 aliphatic carbocycles. The zero-order valence-corrected chi connectivity index (χ0v) is 11.0. The summed E-state index contributed by atoms with van der Waals surface area (Å²) in [6, 6.07) is 14.0. The molecule has 0 spiro atoms. The molecule has 0 unspecified atom stereocenters. The van der Waals surface area contributed by atoms with E-state index in [0.717, 1.165) is 24.2 Å². The minimum atomic E-state index is 0. The van der Waals surface area contributed by atoms with Crippen molar-refractivity contribution >= 4 is 30.5 Å². The van der Waals surface area contributed by atoms with Crippen LogP contribution in [0.25, 0.3) is 0 Å². The number of nitrogens with zero attached hydrogens (tertiary/aromatic N) is 1. The molecular formula is C13H16Cl2N2. The minimum Gasteiger partial charge on any atom is -0.399 e. The standard InChI is InChI=1S/C13H14N2.2ClH/c14-12-5-3-4-11(10-12)7-8-13-6-1-2-9-15-13;;/h1-6,9-10H,7-8,14H2;2*1H. The molecule has 0 fully saturated rings. The Morgan fingerprint density at radius 2 is 1.76 bits per heavy atom. The number of hydrogen-bond acceptors (Lipinski definition) is 2. The molecule has 1 aromatic carbocycles. The van der Waals surface area contributed by atoms with Crippen molar-refractivity contribution in [2.75, 3.05) is 5.73 Å². The molecule has 0 aliphatic rings. The number of nitrogens with two attached hydrogens (primary N) is 1. The number of anilines is 1. The third kappa shape index (κ3) is 5.07. The molecule has 1 aromatic heterocycles. The maximum absolute atomic E-state index is 5.71. The molecule has 0 saturated carbocycles. The fraction of sp³-hybridized carbons (Fsp3) is 0.154. The summed E-state index contributed by atoms with van der Waals surface area (Å²) in [6.45, 7) is 0. The predicted molar refractivity (Wildman–Crippen MR) is 77.0 cm³/mol. The molecule has 1 heterocycles. The predicted octanol–water partition coefficient (Wildman–Crippen LogP) is 3.29. The van der Waals surface area contributed by atoms with Crippen LogP contribution in [0.5, 0.6) is 0 Å². The topological polar surface area (TPSA) is 38.9 Å². The highest BCUT2D eigenvalue weighted by Crippen LogP contribution is 2.09. The lowest BCUT2D eigenvalue weighted by molar-refractivity contribution is 0.914. The second kappa shape index (κ2) is 7.93. The maximum Gasteiger partial charge on any atom is 0.0406 e. The van der Waals surface area contributed by atoms with Gasteiger partial charge in [-0.1, -0.05) is 18.2 Å². The molecule has 0 saturated heterocycles. The zero-order chi connectivity index (χ0) is 10.5. The van der Waals surface area contributed by atoms with Crippen molar-refractivity contribution in [3.05, 3.63) is 59.9 Å². The first-order valence-corrected chi connectivity index (χ1v) is 5.09. The SMILES string of the molecule is Cl.Cl.Nc1cccc(CCc2ccccn2)c1. The summed E-state index contributed by atoms with van der Waals surface area (Å²) in [5.74, 6) is 0. The first kappa shape index (κ1) is 15.8. The van der Waals surface area contributed by atoms with E-state index in [1.807, 2.05) is 42.6 Å². The van der Waals surface area contributed by atoms with Gasteiger partial charge in [0.15, 0.2) is 0 Å². The molecule has 2 aromatic rings. The molecular weight excluding hydrogens is 255 g/mol. The summed E-state index contributed by atoms with van der Waals surface area (Å²) in [7, 11) is 0. The Bertz CT molecular complexity index is 432. The van der Waals surface area contributed by atoms with Crippen LogP contribution in [-0.2, 0) is 12.8 Å². The van der Waals surface area contributed by atoms with E-state index in [1.54, 1.807) is 0 Å². The van der Waals surface area contributed by atoms with Gasteiger partial charge in [0.1, 0.15) is 0 Å². The summed E-state index contributed by atoms with van der Waals surface area (Å²) in [5.41, 5.74) is 8.93. The molecule has 92 valence electrons. The summed E-state index contributed by atoms with van der Waals surface area (Å²) in [6.07, 6.45) is 3.78. The van der Waals surface area contributed by atoms with Crippen molar-refractivity contribution in [3.8, 4) is 0 Å². The van der Waals surface area contributed by atoms with Gasteiger partial charge in [0.2, 0.25) is 0 Å². The van der Waals surface area contributed by atoms with Crippen LogP contribution in [0.3, 0.4) is 0 Å². The third-order valence-electron chi connectivity index (χ3n) is 2.35. The Morgan fingerprint density at radius 1 is 0.941 bits per heavy atom. The van der Waals surface area contributed by atoms with Crippen molar-refractivity contribution in [1.29, 1.82) is 0 Å². The van der Waals surface area contributed by atoms with Crippen LogP contribution in [0.2, 0.25) is 0 Å². The lowest BCUT2D eigenvalue weighted by atomic mass is 10.1. The van der Waals surface area contributed by atoms with E-state index in [0.29, 0.717) is 0 Å². The Kier molecular flexibility index (Phi) is 7.35. The molecule has 0 radical (unpaired) electrons. The number of benzene rings is 1. The van der Waals surface area contributed by atoms with Gasteiger partial charge in [0.05, 0.1) is 0 Å². The van der Waals surface area contributed by atoms with Crippen LogP contribution in [0, 0.1) is 0 Å². The van der Waals surface area contributed by atoms with E-state index in [2.05, 4.69) is 11.1 Å². The fourth-order valence-electron chi connectivity index (χ4n) is 1.57. The van der Waals surface area contributed by atoms with Gasteiger partial charge in [-0.15, -0.1) is 24.8 Å². The summed E-state index contributed by atoms with van der Waals surface area (Å²) >= 11 is 0. The Morgan fingerprint density at radius 3 is 2.41 bits per heavy atom. The number of nitrogen functional groups attached to an aromatic ring is 1. The van der Waals surface area contributed by atoms with Gasteiger partial charge in [-0.25, -0.2) is 0 Å². The summed E-state index contributed by atoms with van der Waals surface area (Å²) in [4.78, 5) is 4.28. The lowest BCUT2D eigenvalue weighted by Gasteiger charge is -2.02. The maximum atomic E-state index is 5.71. The third-order valence-corrected chi connectivity index (χ3v) is 2.35. The number of pyridine rings is 1. The molecule has 0 aliphatic heterocycles. The van der Waals surface area contributed by atoms with Crippen LogP contribution in [0.4, 0.5) is 5.69 Å². The highest BCUT2D eigenvalue weighted by Gasteiger charge is 1.96. The van der Waals surface area contributed by atoms with Crippen molar-refractivity contribution in [2.45, 2.75) is 12.8 Å². The molecule has 2 N–H and O–H groups in total. The van der Waals surface area contributed by atoms with Crippen molar-refractivity contribution < 1.29 is 0 Å². The average Bonchev–Trinajstić information content (AvgIpc) is 2.28. The zero-order valence-electron chi connectivity index (χ0n) is 9.37. The van der Waals surface area contributed by atoms with Crippen LogP contribution in [-0.4, -0.2) is 4.98 Å². The normalized spacial score (nSPS) is 8.94. The molecule has 2 nitrogen and oxygen atoms in total. The highest BCUT2D eigenvalue weighted by molar-refractivity contribution is 5.85. The second-order valence-corrected chi connectivity index (χ2v) is 3.57. The molecule has 0 bridgehead atoms. The summed E-state index contributed by atoms with van der Waals surface area (Å²) < 4.78 is 0. The van der Waals surface area contributed by atoms with Crippen LogP contribution in [0.15, 0.2) is 48.7 Å². The van der Waals surface area contributed by atoms with Crippen LogP contribution < -0.4 is 5.73 Å². The van der Waals surface area contributed by atoms with Gasteiger partial charge >= 0.3 is 0 Å². The van der Waals surface area contributed by atoms with Crippen molar-refractivity contribution in [2.24, 2.45) is 0 Å². The number of halogens is 2. The monoisotopic (exact) mass is 270 g/mol. The van der Waals surface area contributed by atoms with Crippen molar-refractivity contribution in [3.63, 3.8) is 0 Å². The van der Waals surface area contributed by atoms with Crippen LogP contribution >= 0.6 is 24.8 Å². The van der Waals surface area contributed by atoms with Crippen LogP contribution in [0.1, 0.15) is 11.3 Å². The Balaban J connectivity index is 0.00000128. The quantitative estimate of drug-likeness (QED) is 0.870. The van der Waals surface area contributed by atoms with E-state index >= 15 is 0 Å². The molecule has 0 amide bonds. The first-order chi connectivity index (χ1) is 7.34. The molecule has 0 atom stereocenters. The molecule has 2 rings (SSSR count). The number of aryl methyl sites for hydroxylation is 2. The van der Waals surface area contributed by atoms with E-state index < -0.39 is 0 Å². The largest absolute Gasteiger partial charge is 0.399 e. The Hall–Kier alpha value is -1.25. The smallest absolute Gasteiger partial charge is 0.0406 e. The van der Waals surface area contributed by atoms with E-state index in [1.165, 1.54) is 5.56 Å². The van der Waals surface area contributed by atoms with E-state index in [-0.39, 0.29) is 24.8 Å². The average molecular weight is 271 g/mol. The minimum absolute atomic E-state index is 0. The molecule has 17 heavy (non-hydrogen) atoms. The van der Waals surface area contributed by atoms with Gasteiger partial charge in [-0.05, 0) is 42.7 Å². The lowest BCUT2D eigenvalue weighted by Crippen LogP contribution is -1.94. The van der Waals surface area contributed by atoms with Gasteiger partial charge < -0.3 is 5.73 Å². The van der Waals surface area contributed by atoms with Gasteiger partial charge in [-0.2, -0.15) is 0 Å². The number of hydrogen-bond donors (Lipinski definition) is 1. The highest BCUT2D eigenvalue weighted by atomic mass is 35.5. The molecule has 4 heteroatoms. The fourth-order valence-corrected chi connectivity index (χ4v) is 1.57. The number of aromatic nitrogens is 1. The van der Waals surface area contributed by atoms with Gasteiger partial charge in [-0.3, -0.25) is 4.98 Å². The van der Waals surface area contributed by atoms with E-state index in [9.17, 15) is 0 Å². The first-order valence-electron chi connectivity index (χ1n) is 5.09. The van der Waals surface area contributed by atoms with Crippen molar-refractivity contribution in [1.82, 2.24) is 4.98 Å². The van der Waals surface area contributed by atoms with Gasteiger partial charge in [0, 0.05) is 17.6 Å². The number of rotatable bonds is 3. The van der Waals surface area contributed by atoms with Gasteiger partial charge in [0.25, 0.3) is 0 Å². The Labute approximate surface area is 114 Å². The second-order valence-electron chi connectivity index (χ2n) is 3.57.